The molecule has 2 heterocycles. The molecule has 0 atom stereocenters. The number of nitrogens with zero attached hydrogens (tertiary/aromatic N) is 2. The number of ether oxygens (including phenoxy) is 1. The van der Waals surface area contributed by atoms with E-state index in [0.717, 1.165) is 36.7 Å². The number of imidazole rings is 1. The summed E-state index contributed by atoms with van der Waals surface area (Å²) in [4.78, 5) is 4.58. The van der Waals surface area contributed by atoms with Gasteiger partial charge in [0.15, 0.2) is 0 Å². The van der Waals surface area contributed by atoms with Crippen molar-refractivity contribution < 1.29 is 4.74 Å². The molecule has 0 saturated carbocycles. The number of benzene rings is 1. The fourth-order valence-electron chi connectivity index (χ4n) is 2.06. The molecule has 3 rings (SSSR count). The summed E-state index contributed by atoms with van der Waals surface area (Å²) in [6.45, 7) is 2.87. The van der Waals surface area contributed by atoms with E-state index >= 15 is 0 Å². The fourth-order valence-corrected chi connectivity index (χ4v) is 2.06. The second-order valence-corrected chi connectivity index (χ2v) is 3.71. The molecule has 0 unspecified atom stereocenters. The Bertz CT molecular complexity index is 504. The van der Waals surface area contributed by atoms with Gasteiger partial charge in [0.2, 0.25) is 0 Å². The van der Waals surface area contributed by atoms with Gasteiger partial charge in [0.1, 0.15) is 11.6 Å². The summed E-state index contributed by atoms with van der Waals surface area (Å²) in [5.74, 6) is 1.98. The molecule has 1 aromatic heterocycles. The Hall–Kier alpha value is -1.55. The summed E-state index contributed by atoms with van der Waals surface area (Å²) in [7, 11) is 1.68. The minimum atomic E-state index is 0.858. The normalized spacial score (nSPS) is 15.3. The number of rotatable bonds is 1. The molecule has 1 aromatic carbocycles. The molecular formula is C11H13N3O. The van der Waals surface area contributed by atoms with Crippen LogP contribution in [-0.2, 0) is 13.1 Å². The van der Waals surface area contributed by atoms with E-state index in [9.17, 15) is 0 Å². The van der Waals surface area contributed by atoms with Crippen molar-refractivity contribution in [3.05, 3.63) is 24.0 Å². The predicted octanol–water partition coefficient (Wildman–Crippen LogP) is 1.15. The fraction of sp³-hybridized carbons (Fsp3) is 0.364. The van der Waals surface area contributed by atoms with Gasteiger partial charge in [-0.2, -0.15) is 0 Å². The van der Waals surface area contributed by atoms with E-state index in [0.29, 0.717) is 0 Å². The molecular weight excluding hydrogens is 190 g/mol. The lowest BCUT2D eigenvalue weighted by Crippen LogP contribution is -2.28. The number of fused-ring (bicyclic) bond motifs is 3. The maximum atomic E-state index is 5.19. The van der Waals surface area contributed by atoms with E-state index in [-0.39, 0.29) is 0 Å². The smallest absolute Gasteiger partial charge is 0.123 e. The standard InChI is InChI=1S/C11H13N3O/c1-15-8-2-3-10-9(6-8)13-11-7-12-4-5-14(10)11/h2-3,6,12H,4-5,7H2,1H3. The van der Waals surface area contributed by atoms with E-state index in [1.807, 2.05) is 12.1 Å². The van der Waals surface area contributed by atoms with Crippen LogP contribution in [0.3, 0.4) is 0 Å². The van der Waals surface area contributed by atoms with Crippen LogP contribution < -0.4 is 10.1 Å². The molecule has 4 heteroatoms. The lowest BCUT2D eigenvalue weighted by molar-refractivity contribution is 0.415. The summed E-state index contributed by atoms with van der Waals surface area (Å²) < 4.78 is 7.46. The zero-order valence-electron chi connectivity index (χ0n) is 8.66. The van der Waals surface area contributed by atoms with Gasteiger partial charge in [0.25, 0.3) is 0 Å². The van der Waals surface area contributed by atoms with E-state index in [2.05, 4.69) is 20.9 Å². The quantitative estimate of drug-likeness (QED) is 0.755. The first-order valence-electron chi connectivity index (χ1n) is 5.12. The highest BCUT2D eigenvalue weighted by atomic mass is 16.5. The van der Waals surface area contributed by atoms with Gasteiger partial charge in [-0.15, -0.1) is 0 Å². The molecule has 0 saturated heterocycles. The first-order chi connectivity index (χ1) is 7.38. The molecule has 15 heavy (non-hydrogen) atoms. The van der Waals surface area contributed by atoms with Crippen molar-refractivity contribution in [2.75, 3.05) is 13.7 Å². The average molecular weight is 203 g/mol. The third-order valence-corrected chi connectivity index (χ3v) is 2.83. The van der Waals surface area contributed by atoms with E-state index in [4.69, 9.17) is 4.74 Å². The van der Waals surface area contributed by atoms with Crippen LogP contribution in [0.2, 0.25) is 0 Å². The van der Waals surface area contributed by atoms with Gasteiger partial charge in [0.05, 0.1) is 24.7 Å². The molecule has 1 aliphatic heterocycles. The third-order valence-electron chi connectivity index (χ3n) is 2.83. The molecule has 78 valence electrons. The number of aromatic nitrogens is 2. The summed E-state index contributed by atoms with van der Waals surface area (Å²) in [6, 6.07) is 6.05. The Balaban J connectivity index is 2.22. The van der Waals surface area contributed by atoms with Crippen LogP contribution >= 0.6 is 0 Å². The Morgan fingerprint density at radius 3 is 3.27 bits per heavy atom. The second kappa shape index (κ2) is 3.24. The highest BCUT2D eigenvalue weighted by Gasteiger charge is 2.13. The molecule has 0 fully saturated rings. The monoisotopic (exact) mass is 203 g/mol. The first-order valence-corrected chi connectivity index (χ1v) is 5.12. The Labute approximate surface area is 87.9 Å². The van der Waals surface area contributed by atoms with Crippen molar-refractivity contribution in [1.29, 1.82) is 0 Å². The molecule has 0 bridgehead atoms. The van der Waals surface area contributed by atoms with E-state index in [1.165, 1.54) is 5.52 Å². The van der Waals surface area contributed by atoms with Gasteiger partial charge in [-0.25, -0.2) is 4.98 Å². The highest BCUT2D eigenvalue weighted by Crippen LogP contribution is 2.22. The van der Waals surface area contributed by atoms with Crippen LogP contribution in [0, 0.1) is 0 Å². The van der Waals surface area contributed by atoms with Crippen LogP contribution in [0.4, 0.5) is 0 Å². The maximum absolute atomic E-state index is 5.19. The number of hydrogen-bond donors (Lipinski definition) is 1. The van der Waals surface area contributed by atoms with Gasteiger partial charge in [0, 0.05) is 19.2 Å². The average Bonchev–Trinajstić information content (AvgIpc) is 2.66. The molecule has 0 amide bonds. The molecule has 2 aromatic rings. The highest BCUT2D eigenvalue weighted by molar-refractivity contribution is 5.77. The Morgan fingerprint density at radius 2 is 2.40 bits per heavy atom. The topological polar surface area (TPSA) is 39.1 Å². The van der Waals surface area contributed by atoms with Crippen LogP contribution in [-0.4, -0.2) is 23.2 Å². The minimum absolute atomic E-state index is 0.858. The van der Waals surface area contributed by atoms with Gasteiger partial charge in [-0.3, -0.25) is 0 Å². The van der Waals surface area contributed by atoms with Crippen molar-refractivity contribution in [1.82, 2.24) is 14.9 Å². The van der Waals surface area contributed by atoms with Crippen molar-refractivity contribution >= 4 is 11.0 Å². The summed E-state index contributed by atoms with van der Waals surface area (Å²) in [5.41, 5.74) is 2.22. The summed E-state index contributed by atoms with van der Waals surface area (Å²) in [5, 5.41) is 3.32. The second-order valence-electron chi connectivity index (χ2n) is 3.71. The molecule has 1 aliphatic rings. The van der Waals surface area contributed by atoms with Crippen molar-refractivity contribution in [3.63, 3.8) is 0 Å². The molecule has 1 N–H and O–H groups in total. The summed E-state index contributed by atoms with van der Waals surface area (Å²) >= 11 is 0. The van der Waals surface area contributed by atoms with Crippen LogP contribution in [0.5, 0.6) is 5.75 Å². The zero-order valence-corrected chi connectivity index (χ0v) is 8.66. The van der Waals surface area contributed by atoms with Gasteiger partial charge in [-0.05, 0) is 12.1 Å². The predicted molar refractivity (Wildman–Crippen MR) is 58.0 cm³/mol. The van der Waals surface area contributed by atoms with Gasteiger partial charge < -0.3 is 14.6 Å². The molecule has 0 aliphatic carbocycles. The molecule has 0 radical (unpaired) electrons. The van der Waals surface area contributed by atoms with E-state index in [1.54, 1.807) is 7.11 Å². The molecule has 4 nitrogen and oxygen atoms in total. The minimum Gasteiger partial charge on any atom is -0.497 e. The third kappa shape index (κ3) is 1.29. The Morgan fingerprint density at radius 1 is 1.47 bits per heavy atom. The van der Waals surface area contributed by atoms with Crippen molar-refractivity contribution in [2.24, 2.45) is 0 Å². The number of methoxy groups -OCH3 is 1. The van der Waals surface area contributed by atoms with Crippen LogP contribution in [0.25, 0.3) is 11.0 Å². The van der Waals surface area contributed by atoms with Gasteiger partial charge >= 0.3 is 0 Å². The number of nitrogens with one attached hydrogen (secondary N) is 1. The first kappa shape index (κ1) is 8.73. The van der Waals surface area contributed by atoms with Crippen molar-refractivity contribution in [3.8, 4) is 5.75 Å². The zero-order chi connectivity index (χ0) is 10.3. The van der Waals surface area contributed by atoms with Crippen LogP contribution in [0.1, 0.15) is 5.82 Å². The number of hydrogen-bond acceptors (Lipinski definition) is 3. The lowest BCUT2D eigenvalue weighted by Gasteiger charge is -2.15. The largest absolute Gasteiger partial charge is 0.497 e. The Kier molecular flexibility index (Phi) is 1.89. The van der Waals surface area contributed by atoms with Crippen LogP contribution in [0.15, 0.2) is 18.2 Å². The van der Waals surface area contributed by atoms with Gasteiger partial charge in [-0.1, -0.05) is 0 Å². The van der Waals surface area contributed by atoms with E-state index < -0.39 is 0 Å². The lowest BCUT2D eigenvalue weighted by atomic mass is 10.3. The SMILES string of the molecule is COc1ccc2c(c1)nc1n2CCNC1. The maximum Gasteiger partial charge on any atom is 0.123 e. The summed E-state index contributed by atoms with van der Waals surface area (Å²) in [6.07, 6.45) is 0. The van der Waals surface area contributed by atoms with Crippen molar-refractivity contribution in [2.45, 2.75) is 13.1 Å². The molecule has 0 spiro atoms.